The molecule has 0 unspecified atom stereocenters. The Labute approximate surface area is 58.1 Å². The van der Waals surface area contributed by atoms with Crippen LogP contribution in [0.25, 0.3) is 0 Å². The molecule has 1 aromatic heterocycles. The summed E-state index contributed by atoms with van der Waals surface area (Å²) in [5.74, 6) is -0.921. The van der Waals surface area contributed by atoms with Crippen molar-refractivity contribution in [3.63, 3.8) is 0 Å². The molecule has 0 bridgehead atoms. The number of nitrogens with one attached hydrogen (secondary N) is 1. The van der Waals surface area contributed by atoms with E-state index in [0.29, 0.717) is 0 Å². The molecule has 0 aromatic carbocycles. The maximum atomic E-state index is 10.0. The van der Waals surface area contributed by atoms with Crippen LogP contribution in [0, 0.1) is 0 Å². The Balaban J connectivity index is 0.000000640. The normalized spacial score (nSPS) is 8.00. The Morgan fingerprint density at radius 3 is 2.56 bits per heavy atom. The van der Waals surface area contributed by atoms with Gasteiger partial charge >= 0.3 is 5.97 Å². The van der Waals surface area contributed by atoms with Crippen LogP contribution in [0.1, 0.15) is 10.5 Å². The zero-order valence-corrected chi connectivity index (χ0v) is 5.31. The highest BCUT2D eigenvalue weighted by atomic mass is 35.5. The summed E-state index contributed by atoms with van der Waals surface area (Å²) in [7, 11) is 0. The molecule has 0 aliphatic rings. The maximum Gasteiger partial charge on any atom is 0.352 e. The molecule has 1 aromatic rings. The molecule has 0 saturated heterocycles. The Hall–Kier alpha value is -0.960. The van der Waals surface area contributed by atoms with Crippen LogP contribution in [0.2, 0.25) is 0 Å². The summed E-state index contributed by atoms with van der Waals surface area (Å²) in [5.41, 5.74) is 0.227. The van der Waals surface area contributed by atoms with Crippen molar-refractivity contribution in [1.82, 2.24) is 4.98 Å². The Kier molecular flexibility index (Phi) is 2.81. The second-order valence-electron chi connectivity index (χ2n) is 1.39. The van der Waals surface area contributed by atoms with E-state index in [-0.39, 0.29) is 18.1 Å². The summed E-state index contributed by atoms with van der Waals surface area (Å²) in [6.07, 6.45) is 1.57. The molecule has 0 amide bonds. The second-order valence-corrected chi connectivity index (χ2v) is 1.39. The van der Waals surface area contributed by atoms with Crippen molar-refractivity contribution in [2.75, 3.05) is 0 Å². The molecular formula is C5H6ClNO2. The fourth-order valence-electron chi connectivity index (χ4n) is 0.463. The first-order valence-corrected chi connectivity index (χ1v) is 2.17. The van der Waals surface area contributed by atoms with Crippen molar-refractivity contribution in [2.24, 2.45) is 0 Å². The lowest BCUT2D eigenvalue weighted by Gasteiger charge is -1.80. The smallest absolute Gasteiger partial charge is 0.352 e. The minimum absolute atomic E-state index is 0. The minimum Gasteiger partial charge on any atom is -0.477 e. The standard InChI is InChI=1S/C5H5NO2.ClH/c7-5(8)4-2-1-3-6-4;/h1-3,6H,(H,7,8);1H. The number of halogens is 1. The molecule has 0 radical (unpaired) electrons. The van der Waals surface area contributed by atoms with Crippen LogP contribution in [-0.2, 0) is 0 Å². The van der Waals surface area contributed by atoms with Gasteiger partial charge in [0.05, 0.1) is 0 Å². The van der Waals surface area contributed by atoms with Gasteiger partial charge in [0.1, 0.15) is 5.69 Å². The number of hydrogen-bond acceptors (Lipinski definition) is 1. The van der Waals surface area contributed by atoms with E-state index in [9.17, 15) is 4.79 Å². The molecule has 4 heteroatoms. The second kappa shape index (κ2) is 3.14. The monoisotopic (exact) mass is 147 g/mol. The molecule has 0 fully saturated rings. The van der Waals surface area contributed by atoms with Gasteiger partial charge in [-0.2, -0.15) is 0 Å². The number of carbonyl (C=O) groups is 1. The van der Waals surface area contributed by atoms with Crippen LogP contribution in [-0.4, -0.2) is 16.1 Å². The third-order valence-corrected chi connectivity index (χ3v) is 0.828. The van der Waals surface area contributed by atoms with Crippen LogP contribution in [0.4, 0.5) is 0 Å². The lowest BCUT2D eigenvalue weighted by molar-refractivity contribution is 0.0691. The molecule has 9 heavy (non-hydrogen) atoms. The molecule has 2 N–H and O–H groups in total. The van der Waals surface area contributed by atoms with Crippen LogP contribution >= 0.6 is 12.4 Å². The first-order chi connectivity index (χ1) is 3.80. The summed E-state index contributed by atoms with van der Waals surface area (Å²) in [6, 6.07) is 3.14. The number of aromatic carboxylic acids is 1. The molecule has 0 spiro atoms. The van der Waals surface area contributed by atoms with Crippen molar-refractivity contribution in [2.45, 2.75) is 0 Å². The number of aromatic amines is 1. The third-order valence-electron chi connectivity index (χ3n) is 0.828. The highest BCUT2D eigenvalue weighted by Crippen LogP contribution is 1.91. The fraction of sp³-hybridized carbons (Fsp3) is 0. The Morgan fingerprint density at radius 1 is 1.67 bits per heavy atom. The first-order valence-electron chi connectivity index (χ1n) is 2.17. The van der Waals surface area contributed by atoms with Crippen LogP contribution in [0.15, 0.2) is 18.3 Å². The molecule has 0 saturated carbocycles. The SMILES string of the molecule is Cl.O=C(O)c1ccc[nH]1. The maximum absolute atomic E-state index is 10.0. The van der Waals surface area contributed by atoms with Crippen molar-refractivity contribution < 1.29 is 9.90 Å². The average Bonchev–Trinajstić information content (AvgIpc) is 2.12. The molecule has 1 rings (SSSR count). The van der Waals surface area contributed by atoms with Gasteiger partial charge in [0.15, 0.2) is 0 Å². The van der Waals surface area contributed by atoms with E-state index >= 15 is 0 Å². The summed E-state index contributed by atoms with van der Waals surface area (Å²) in [6.45, 7) is 0. The molecular weight excluding hydrogens is 142 g/mol. The quantitative estimate of drug-likeness (QED) is 0.626. The highest BCUT2D eigenvalue weighted by molar-refractivity contribution is 5.85. The highest BCUT2D eigenvalue weighted by Gasteiger charge is 1.98. The molecule has 0 atom stereocenters. The van der Waals surface area contributed by atoms with Gasteiger partial charge in [0.25, 0.3) is 0 Å². The van der Waals surface area contributed by atoms with Gasteiger partial charge in [-0.25, -0.2) is 4.79 Å². The number of rotatable bonds is 1. The zero-order chi connectivity index (χ0) is 5.98. The topological polar surface area (TPSA) is 53.1 Å². The molecule has 50 valence electrons. The summed E-state index contributed by atoms with van der Waals surface area (Å²) in [4.78, 5) is 12.6. The molecule has 0 aliphatic heterocycles. The summed E-state index contributed by atoms with van der Waals surface area (Å²) in [5, 5.41) is 8.24. The van der Waals surface area contributed by atoms with E-state index in [2.05, 4.69) is 4.98 Å². The predicted molar refractivity (Wildman–Crippen MR) is 35.0 cm³/mol. The lowest BCUT2D eigenvalue weighted by atomic mass is 10.4. The third kappa shape index (κ3) is 1.77. The van der Waals surface area contributed by atoms with Gasteiger partial charge in [-0.15, -0.1) is 12.4 Å². The minimum atomic E-state index is -0.921. The average molecular weight is 148 g/mol. The zero-order valence-electron chi connectivity index (χ0n) is 4.50. The fourth-order valence-corrected chi connectivity index (χ4v) is 0.463. The number of carboxylic acids is 1. The molecule has 0 aliphatic carbocycles. The van der Waals surface area contributed by atoms with Crippen molar-refractivity contribution in [1.29, 1.82) is 0 Å². The van der Waals surface area contributed by atoms with Gasteiger partial charge in [-0.3, -0.25) is 0 Å². The van der Waals surface area contributed by atoms with Crippen LogP contribution < -0.4 is 0 Å². The number of carboxylic acid groups (broad SMARTS) is 1. The lowest BCUT2D eigenvalue weighted by Crippen LogP contribution is -1.94. The van der Waals surface area contributed by atoms with Crippen LogP contribution in [0.5, 0.6) is 0 Å². The van der Waals surface area contributed by atoms with E-state index in [0.717, 1.165) is 0 Å². The number of aromatic nitrogens is 1. The molecule has 3 nitrogen and oxygen atoms in total. The first kappa shape index (κ1) is 8.04. The van der Waals surface area contributed by atoms with Gasteiger partial charge in [0, 0.05) is 6.20 Å². The molecule has 1 heterocycles. The number of hydrogen-bond donors (Lipinski definition) is 2. The largest absolute Gasteiger partial charge is 0.477 e. The summed E-state index contributed by atoms with van der Waals surface area (Å²) < 4.78 is 0. The number of H-pyrrole nitrogens is 1. The van der Waals surface area contributed by atoms with E-state index in [1.165, 1.54) is 6.07 Å². The van der Waals surface area contributed by atoms with Crippen LogP contribution in [0.3, 0.4) is 0 Å². The van der Waals surface area contributed by atoms with Gasteiger partial charge in [-0.05, 0) is 12.1 Å². The Bertz CT molecular complexity index is 183. The van der Waals surface area contributed by atoms with Gasteiger partial charge < -0.3 is 10.1 Å². The summed E-state index contributed by atoms with van der Waals surface area (Å²) >= 11 is 0. The van der Waals surface area contributed by atoms with E-state index in [1.54, 1.807) is 12.3 Å². The van der Waals surface area contributed by atoms with Gasteiger partial charge in [0.2, 0.25) is 0 Å². The van der Waals surface area contributed by atoms with Crippen molar-refractivity contribution >= 4 is 18.4 Å². The predicted octanol–water partition coefficient (Wildman–Crippen LogP) is 1.13. The van der Waals surface area contributed by atoms with Crippen molar-refractivity contribution in [3.8, 4) is 0 Å². The van der Waals surface area contributed by atoms with E-state index in [4.69, 9.17) is 5.11 Å². The van der Waals surface area contributed by atoms with Crippen molar-refractivity contribution in [3.05, 3.63) is 24.0 Å². The van der Waals surface area contributed by atoms with E-state index in [1.807, 2.05) is 0 Å². The van der Waals surface area contributed by atoms with E-state index < -0.39 is 5.97 Å². The Morgan fingerprint density at radius 2 is 2.33 bits per heavy atom. The van der Waals surface area contributed by atoms with Gasteiger partial charge in [-0.1, -0.05) is 0 Å².